The highest BCUT2D eigenvalue weighted by atomic mass is 32.2. The Balaban J connectivity index is 2.47. The fourth-order valence-electron chi connectivity index (χ4n) is 1.43. The topological polar surface area (TPSA) is 116 Å². The van der Waals surface area contributed by atoms with E-state index in [1.165, 1.54) is 13.8 Å². The lowest BCUT2D eigenvalue weighted by Gasteiger charge is -2.22. The Labute approximate surface area is 142 Å². The van der Waals surface area contributed by atoms with Gasteiger partial charge in [-0.05, 0) is 25.6 Å². The monoisotopic (exact) mass is 361 g/mol. The van der Waals surface area contributed by atoms with E-state index < -0.39 is 40.6 Å². The number of esters is 1. The van der Waals surface area contributed by atoms with E-state index in [-0.39, 0.29) is 18.8 Å². The maximum Gasteiger partial charge on any atom is 0.371 e. The van der Waals surface area contributed by atoms with Gasteiger partial charge in [-0.3, -0.25) is 14.4 Å². The molecule has 1 fully saturated rings. The maximum atomic E-state index is 12.0. The molecular weight excluding hydrogens is 342 g/mol. The summed E-state index contributed by atoms with van der Waals surface area (Å²) in [6.45, 7) is 5.41. The predicted molar refractivity (Wildman–Crippen MR) is 81.1 cm³/mol. The van der Waals surface area contributed by atoms with Crippen LogP contribution in [0, 0.1) is 5.92 Å². The van der Waals surface area contributed by atoms with Crippen molar-refractivity contribution >= 4 is 40.8 Å². The van der Waals surface area contributed by atoms with Crippen LogP contribution in [0.4, 0.5) is 4.79 Å². The third-order valence-corrected chi connectivity index (χ3v) is 3.82. The zero-order valence-corrected chi connectivity index (χ0v) is 14.6. The number of hydrogen-bond donors (Lipinski definition) is 0. The van der Waals surface area contributed by atoms with Crippen LogP contribution in [0.25, 0.3) is 0 Å². The van der Waals surface area contributed by atoms with Gasteiger partial charge in [0.1, 0.15) is 4.75 Å². The molecule has 1 heterocycles. The average molecular weight is 361 g/mol. The third-order valence-electron chi connectivity index (χ3n) is 2.86. The molecule has 1 saturated heterocycles. The molecule has 0 saturated carbocycles. The lowest BCUT2D eigenvalue weighted by atomic mass is 10.2. The molecule has 0 spiro atoms. The lowest BCUT2D eigenvalue weighted by Crippen LogP contribution is -2.40. The predicted octanol–water partition coefficient (Wildman–Crippen LogP) is 1.40. The van der Waals surface area contributed by atoms with Crippen molar-refractivity contribution < 1.29 is 38.3 Å². The molecule has 134 valence electrons. The van der Waals surface area contributed by atoms with Gasteiger partial charge in [-0.25, -0.2) is 9.59 Å². The van der Waals surface area contributed by atoms with E-state index in [9.17, 15) is 24.0 Å². The van der Waals surface area contributed by atoms with Crippen molar-refractivity contribution in [2.24, 2.45) is 5.92 Å². The molecule has 2 amide bonds. The first-order chi connectivity index (χ1) is 11.0. The number of carbonyl (C=O) groups is 5. The second kappa shape index (κ2) is 8.13. The molecule has 24 heavy (non-hydrogen) atoms. The summed E-state index contributed by atoms with van der Waals surface area (Å²) in [6, 6.07) is 0. The summed E-state index contributed by atoms with van der Waals surface area (Å²) in [7, 11) is 0. The number of carbonyl (C=O) groups excluding carboxylic acids is 5. The van der Waals surface area contributed by atoms with E-state index in [1.807, 2.05) is 0 Å². The van der Waals surface area contributed by atoms with Gasteiger partial charge >= 0.3 is 17.2 Å². The SMILES string of the molecule is CC(C)C(=O)OCOC(=O)SC(C)(C)C(=O)ON1C(=O)CCC1=O. The van der Waals surface area contributed by atoms with E-state index in [0.29, 0.717) is 16.8 Å². The summed E-state index contributed by atoms with van der Waals surface area (Å²) < 4.78 is 7.95. The van der Waals surface area contributed by atoms with Gasteiger partial charge in [-0.2, -0.15) is 0 Å². The zero-order chi connectivity index (χ0) is 18.5. The van der Waals surface area contributed by atoms with Crippen molar-refractivity contribution in [3.63, 3.8) is 0 Å². The number of amides is 2. The van der Waals surface area contributed by atoms with Crippen molar-refractivity contribution in [3.05, 3.63) is 0 Å². The molecule has 0 aromatic heterocycles. The standard InChI is InChI=1S/C14H19NO8S/c1-8(2)11(18)21-7-22-13(20)24-14(3,4)12(19)23-15-9(16)5-6-10(15)17/h8H,5-7H2,1-4H3. The van der Waals surface area contributed by atoms with E-state index in [0.717, 1.165) is 0 Å². The minimum atomic E-state index is -1.41. The number of hydrogen-bond acceptors (Lipinski definition) is 9. The molecule has 1 rings (SSSR count). The third kappa shape index (κ3) is 5.52. The van der Waals surface area contributed by atoms with Crippen LogP contribution in [-0.2, 0) is 33.5 Å². The number of imide groups is 1. The van der Waals surface area contributed by atoms with Crippen LogP contribution in [-0.4, -0.2) is 45.7 Å². The van der Waals surface area contributed by atoms with Crippen LogP contribution in [0.15, 0.2) is 0 Å². The van der Waals surface area contributed by atoms with Gasteiger partial charge in [0, 0.05) is 12.8 Å². The first-order valence-corrected chi connectivity index (χ1v) is 7.97. The zero-order valence-electron chi connectivity index (χ0n) is 13.8. The van der Waals surface area contributed by atoms with Crippen LogP contribution < -0.4 is 0 Å². The largest absolute Gasteiger partial charge is 0.428 e. The summed E-state index contributed by atoms with van der Waals surface area (Å²) in [5.41, 5.74) is 0. The molecule has 9 nitrogen and oxygen atoms in total. The highest BCUT2D eigenvalue weighted by Gasteiger charge is 2.40. The fourth-order valence-corrected chi connectivity index (χ4v) is 2.08. The Morgan fingerprint density at radius 2 is 1.67 bits per heavy atom. The Morgan fingerprint density at radius 3 is 2.17 bits per heavy atom. The molecule has 1 aliphatic rings. The summed E-state index contributed by atoms with van der Waals surface area (Å²) in [5, 5.41) is -0.465. The highest BCUT2D eigenvalue weighted by Crippen LogP contribution is 2.29. The Kier molecular flexibility index (Phi) is 6.76. The van der Waals surface area contributed by atoms with Crippen molar-refractivity contribution in [1.29, 1.82) is 0 Å². The average Bonchev–Trinajstić information content (AvgIpc) is 2.78. The maximum absolute atomic E-state index is 12.0. The first-order valence-electron chi connectivity index (χ1n) is 7.15. The van der Waals surface area contributed by atoms with E-state index >= 15 is 0 Å². The van der Waals surface area contributed by atoms with Crippen LogP contribution >= 0.6 is 11.8 Å². The fraction of sp³-hybridized carbons (Fsp3) is 0.643. The van der Waals surface area contributed by atoms with E-state index in [2.05, 4.69) is 9.47 Å². The summed E-state index contributed by atoms with van der Waals surface area (Å²) in [6.07, 6.45) is -0.0497. The molecule has 0 unspecified atom stereocenters. The molecule has 10 heteroatoms. The Bertz CT molecular complexity index is 541. The van der Waals surface area contributed by atoms with Gasteiger partial charge in [0.25, 0.3) is 11.8 Å². The molecule has 0 aromatic carbocycles. The number of hydroxylamine groups is 2. The summed E-state index contributed by atoms with van der Waals surface area (Å²) in [4.78, 5) is 62.5. The van der Waals surface area contributed by atoms with Crippen LogP contribution in [0.2, 0.25) is 0 Å². The van der Waals surface area contributed by atoms with Crippen molar-refractivity contribution in [3.8, 4) is 0 Å². The van der Waals surface area contributed by atoms with E-state index in [4.69, 9.17) is 4.84 Å². The molecule has 0 N–H and O–H groups in total. The van der Waals surface area contributed by atoms with Crippen molar-refractivity contribution in [2.45, 2.75) is 45.3 Å². The minimum absolute atomic E-state index is 0.0249. The van der Waals surface area contributed by atoms with Crippen LogP contribution in [0.3, 0.4) is 0 Å². The van der Waals surface area contributed by atoms with Crippen molar-refractivity contribution in [1.82, 2.24) is 5.06 Å². The van der Waals surface area contributed by atoms with Crippen molar-refractivity contribution in [2.75, 3.05) is 6.79 Å². The number of rotatable bonds is 6. The van der Waals surface area contributed by atoms with Gasteiger partial charge < -0.3 is 14.3 Å². The Hall–Kier alpha value is -2.10. The molecule has 0 bridgehead atoms. The molecule has 1 aliphatic heterocycles. The van der Waals surface area contributed by atoms with Gasteiger partial charge in [-0.15, -0.1) is 5.06 Å². The normalized spacial score (nSPS) is 14.8. The quantitative estimate of drug-likeness (QED) is 0.393. The molecule has 0 aliphatic carbocycles. The molecule has 0 aromatic rings. The van der Waals surface area contributed by atoms with Gasteiger partial charge in [0.15, 0.2) is 0 Å². The molecular formula is C14H19NO8S. The highest BCUT2D eigenvalue weighted by molar-refractivity contribution is 8.15. The van der Waals surface area contributed by atoms with Gasteiger partial charge in [0.05, 0.1) is 5.92 Å². The second-order valence-electron chi connectivity index (χ2n) is 5.70. The molecule has 0 atom stereocenters. The van der Waals surface area contributed by atoms with Crippen LogP contribution in [0.5, 0.6) is 0 Å². The smallest absolute Gasteiger partial charge is 0.371 e. The lowest BCUT2D eigenvalue weighted by molar-refractivity contribution is -0.198. The second-order valence-corrected chi connectivity index (χ2v) is 7.26. The van der Waals surface area contributed by atoms with E-state index in [1.54, 1.807) is 13.8 Å². The van der Waals surface area contributed by atoms with Crippen LogP contribution in [0.1, 0.15) is 40.5 Å². The molecule has 0 radical (unpaired) electrons. The minimum Gasteiger partial charge on any atom is -0.428 e. The number of thioether (sulfide) groups is 1. The first kappa shape index (κ1) is 19.9. The van der Waals surface area contributed by atoms with Gasteiger partial charge in [-0.1, -0.05) is 13.8 Å². The number of nitrogens with zero attached hydrogens (tertiary/aromatic N) is 1. The Morgan fingerprint density at radius 1 is 1.12 bits per heavy atom. The number of ether oxygens (including phenoxy) is 2. The summed E-state index contributed by atoms with van der Waals surface area (Å²) >= 11 is 0.480. The van der Waals surface area contributed by atoms with Gasteiger partial charge in [0.2, 0.25) is 6.79 Å². The summed E-state index contributed by atoms with van der Waals surface area (Å²) in [5.74, 6) is -3.07.